The Balaban J connectivity index is 1.92. The predicted octanol–water partition coefficient (Wildman–Crippen LogP) is 3.71. The van der Waals surface area contributed by atoms with Crippen LogP contribution in [0.4, 0.5) is 11.8 Å². The maximum absolute atomic E-state index is 4.61. The number of hydrogen-bond acceptors (Lipinski definition) is 5. The van der Waals surface area contributed by atoms with E-state index in [1.807, 2.05) is 24.9 Å². The van der Waals surface area contributed by atoms with E-state index in [0.29, 0.717) is 5.95 Å². The minimum Gasteiger partial charge on any atom is -0.364 e. The van der Waals surface area contributed by atoms with E-state index in [2.05, 4.69) is 62.6 Å². The average molecular weight is 311 g/mol. The molecule has 1 unspecified atom stereocenters. The van der Waals surface area contributed by atoms with E-state index in [1.165, 1.54) is 10.5 Å². The summed E-state index contributed by atoms with van der Waals surface area (Å²) in [6, 6.07) is 10.6. The van der Waals surface area contributed by atoms with Crippen molar-refractivity contribution in [3.05, 3.63) is 42.1 Å². The first kappa shape index (κ1) is 13.5. The van der Waals surface area contributed by atoms with Gasteiger partial charge in [0.2, 0.25) is 5.95 Å². The third kappa shape index (κ3) is 2.11. The fourth-order valence-corrected chi connectivity index (χ4v) is 3.90. The number of nitrogens with one attached hydrogen (secondary N) is 2. The van der Waals surface area contributed by atoms with Gasteiger partial charge in [-0.05, 0) is 24.6 Å². The number of aromatic nitrogens is 3. The zero-order valence-electron chi connectivity index (χ0n) is 12.5. The van der Waals surface area contributed by atoms with E-state index in [1.54, 1.807) is 0 Å². The van der Waals surface area contributed by atoms with Crippen LogP contribution >= 0.6 is 11.8 Å². The Kier molecular flexibility index (Phi) is 3.18. The smallest absolute Gasteiger partial charge is 0.225 e. The summed E-state index contributed by atoms with van der Waals surface area (Å²) in [6.07, 6.45) is 2.09. The second-order valence-electron chi connectivity index (χ2n) is 5.28. The summed E-state index contributed by atoms with van der Waals surface area (Å²) in [4.78, 5) is 10.5. The van der Waals surface area contributed by atoms with Gasteiger partial charge in [0.15, 0.2) is 5.82 Å². The number of benzene rings is 1. The van der Waals surface area contributed by atoms with Gasteiger partial charge < -0.3 is 15.2 Å². The molecule has 0 amide bonds. The lowest BCUT2D eigenvalue weighted by Gasteiger charge is -2.15. The van der Waals surface area contributed by atoms with Crippen molar-refractivity contribution in [3.63, 3.8) is 0 Å². The fraction of sp³-hybridized carbons (Fsp3) is 0.250. The summed E-state index contributed by atoms with van der Waals surface area (Å²) in [5.41, 5.74) is 3.31. The first-order valence-corrected chi connectivity index (χ1v) is 8.19. The van der Waals surface area contributed by atoms with Crippen molar-refractivity contribution in [2.75, 3.05) is 17.7 Å². The van der Waals surface area contributed by atoms with Crippen molar-refractivity contribution in [3.8, 4) is 0 Å². The lowest BCUT2D eigenvalue weighted by Crippen LogP contribution is -2.07. The maximum atomic E-state index is 4.61. The molecule has 3 heterocycles. The van der Waals surface area contributed by atoms with Gasteiger partial charge in [-0.15, -0.1) is 11.8 Å². The van der Waals surface area contributed by atoms with Crippen molar-refractivity contribution < 1.29 is 0 Å². The summed E-state index contributed by atoms with van der Waals surface area (Å²) >= 11 is 1.86. The van der Waals surface area contributed by atoms with Gasteiger partial charge in [-0.25, -0.2) is 4.98 Å². The van der Waals surface area contributed by atoms with Crippen molar-refractivity contribution in [1.82, 2.24) is 14.5 Å². The molecule has 0 radical (unpaired) electrons. The Bertz CT molecular complexity index is 842. The Hall–Kier alpha value is -2.21. The van der Waals surface area contributed by atoms with Crippen LogP contribution in [0.1, 0.15) is 17.9 Å². The molecule has 0 spiro atoms. The highest BCUT2D eigenvalue weighted by Gasteiger charge is 2.19. The highest BCUT2D eigenvalue weighted by molar-refractivity contribution is 7.99. The number of fused-ring (bicyclic) bond motifs is 1. The Morgan fingerprint density at radius 3 is 3.00 bits per heavy atom. The van der Waals surface area contributed by atoms with Crippen LogP contribution in [0.25, 0.3) is 11.0 Å². The van der Waals surface area contributed by atoms with Gasteiger partial charge in [-0.2, -0.15) is 4.98 Å². The van der Waals surface area contributed by atoms with Gasteiger partial charge in [0.05, 0.1) is 10.9 Å². The topological polar surface area (TPSA) is 54.8 Å². The normalized spacial score (nSPS) is 17.1. The summed E-state index contributed by atoms with van der Waals surface area (Å²) in [6.45, 7) is 2.97. The molecule has 1 atom stereocenters. The van der Waals surface area contributed by atoms with Gasteiger partial charge in [0.25, 0.3) is 0 Å². The van der Waals surface area contributed by atoms with E-state index >= 15 is 0 Å². The molecule has 2 aromatic heterocycles. The van der Waals surface area contributed by atoms with E-state index in [-0.39, 0.29) is 5.37 Å². The zero-order chi connectivity index (χ0) is 15.1. The second-order valence-corrected chi connectivity index (χ2v) is 6.64. The molecule has 1 aromatic carbocycles. The van der Waals surface area contributed by atoms with Gasteiger partial charge >= 0.3 is 0 Å². The number of hydrogen-bond donors (Lipinski definition) is 2. The predicted molar refractivity (Wildman–Crippen MR) is 91.4 cm³/mol. The van der Waals surface area contributed by atoms with E-state index < -0.39 is 0 Å². The number of nitrogens with zero attached hydrogens (tertiary/aromatic N) is 3. The molecule has 2 N–H and O–H groups in total. The fourth-order valence-electron chi connectivity index (χ4n) is 2.79. The van der Waals surface area contributed by atoms with Crippen LogP contribution in [0.5, 0.6) is 0 Å². The maximum Gasteiger partial charge on any atom is 0.225 e. The zero-order valence-corrected chi connectivity index (χ0v) is 13.3. The van der Waals surface area contributed by atoms with Crippen molar-refractivity contribution in [2.45, 2.75) is 23.7 Å². The van der Waals surface area contributed by atoms with Crippen molar-refractivity contribution in [2.24, 2.45) is 0 Å². The van der Waals surface area contributed by atoms with Crippen LogP contribution in [-0.2, 0) is 6.54 Å². The second kappa shape index (κ2) is 5.21. The Morgan fingerprint density at radius 1 is 1.27 bits per heavy atom. The van der Waals surface area contributed by atoms with Crippen LogP contribution in [0.3, 0.4) is 0 Å². The average Bonchev–Trinajstić information content (AvgIpc) is 2.98. The summed E-state index contributed by atoms with van der Waals surface area (Å²) < 4.78 is 2.24. The van der Waals surface area contributed by atoms with Crippen LogP contribution in [0.15, 0.2) is 41.4 Å². The highest BCUT2D eigenvalue weighted by Crippen LogP contribution is 2.38. The first-order valence-electron chi connectivity index (χ1n) is 7.31. The minimum absolute atomic E-state index is 0.279. The van der Waals surface area contributed by atoms with Gasteiger partial charge in [0.1, 0.15) is 5.52 Å². The monoisotopic (exact) mass is 311 g/mol. The molecule has 0 bridgehead atoms. The molecule has 5 nitrogen and oxygen atoms in total. The quantitative estimate of drug-likeness (QED) is 0.717. The summed E-state index contributed by atoms with van der Waals surface area (Å²) in [5, 5.41) is 6.79. The lowest BCUT2D eigenvalue weighted by molar-refractivity contribution is 0.771. The molecule has 4 rings (SSSR count). The standard InChI is InChI=1S/C16H17N5S/c1-10-21-8-7-12-14(21)15(20-16(17-2)19-12)18-9-11-5-3-4-6-13(11)22-10/h3-8,10H,9H2,1-2H3,(H2,17,18,19,20). The molecule has 1 aliphatic heterocycles. The number of anilines is 2. The van der Waals surface area contributed by atoms with Crippen molar-refractivity contribution >= 4 is 34.6 Å². The summed E-state index contributed by atoms with van der Waals surface area (Å²) in [7, 11) is 1.84. The molecule has 0 fully saturated rings. The van der Waals surface area contributed by atoms with Crippen LogP contribution in [0, 0.1) is 0 Å². The molecule has 22 heavy (non-hydrogen) atoms. The molecule has 0 saturated heterocycles. The molecule has 0 aliphatic carbocycles. The molecule has 3 aromatic rings. The molecular weight excluding hydrogens is 294 g/mol. The number of thioether (sulfide) groups is 1. The van der Waals surface area contributed by atoms with E-state index in [9.17, 15) is 0 Å². The van der Waals surface area contributed by atoms with Crippen molar-refractivity contribution in [1.29, 1.82) is 0 Å². The molecule has 112 valence electrons. The van der Waals surface area contributed by atoms with E-state index in [0.717, 1.165) is 23.4 Å². The van der Waals surface area contributed by atoms with E-state index in [4.69, 9.17) is 0 Å². The number of rotatable bonds is 1. The third-order valence-electron chi connectivity index (χ3n) is 3.89. The Labute approximate surface area is 133 Å². The van der Waals surface area contributed by atoms with Gasteiger partial charge in [0, 0.05) is 24.7 Å². The van der Waals surface area contributed by atoms with Gasteiger partial charge in [-0.3, -0.25) is 0 Å². The first-order chi connectivity index (χ1) is 10.8. The van der Waals surface area contributed by atoms with Gasteiger partial charge in [-0.1, -0.05) is 18.2 Å². The van der Waals surface area contributed by atoms with Crippen LogP contribution in [-0.4, -0.2) is 21.6 Å². The third-order valence-corrected chi connectivity index (χ3v) is 5.11. The minimum atomic E-state index is 0.279. The SMILES string of the molecule is CNc1nc2c3c(ccn3C(C)Sc3ccccc3CN2)n1. The Morgan fingerprint density at radius 2 is 2.14 bits per heavy atom. The van der Waals surface area contributed by atoms with Crippen LogP contribution < -0.4 is 10.6 Å². The molecule has 1 aliphatic rings. The largest absolute Gasteiger partial charge is 0.364 e. The molecular formula is C16H17N5S. The van der Waals surface area contributed by atoms with Crippen LogP contribution in [0.2, 0.25) is 0 Å². The molecule has 6 heteroatoms. The molecule has 0 saturated carbocycles. The lowest BCUT2D eigenvalue weighted by atomic mass is 10.2. The summed E-state index contributed by atoms with van der Waals surface area (Å²) in [5.74, 6) is 1.52. The highest BCUT2D eigenvalue weighted by atomic mass is 32.2.